The Hall–Kier alpha value is -2.01. The van der Waals surface area contributed by atoms with Crippen molar-refractivity contribution >= 4 is 23.3 Å². The number of nitrogens with zero attached hydrogens (tertiary/aromatic N) is 2. The minimum atomic E-state index is -0.259. The van der Waals surface area contributed by atoms with Crippen LogP contribution in [-0.4, -0.2) is 28.9 Å². The molecule has 0 atom stereocenters. The summed E-state index contributed by atoms with van der Waals surface area (Å²) in [6.45, 7) is 1.70. The van der Waals surface area contributed by atoms with Crippen LogP contribution in [0.5, 0.6) is 0 Å². The van der Waals surface area contributed by atoms with E-state index in [0.29, 0.717) is 0 Å². The van der Waals surface area contributed by atoms with Crippen molar-refractivity contribution in [2.24, 2.45) is 0 Å². The van der Waals surface area contributed by atoms with Gasteiger partial charge in [-0.25, -0.2) is 9.37 Å². The SMILES string of the molecule is O=C(C=Cc1csc(-c2ccc(F)cc2)n1)N1CCC1. The normalized spacial score (nSPS) is 14.6. The van der Waals surface area contributed by atoms with Gasteiger partial charge < -0.3 is 4.90 Å². The Morgan fingerprint density at radius 1 is 1.30 bits per heavy atom. The number of benzene rings is 1. The summed E-state index contributed by atoms with van der Waals surface area (Å²) in [5.41, 5.74) is 1.63. The standard InChI is InChI=1S/C15H13FN2OS/c16-12-4-2-11(3-5-12)15-17-13(10-20-15)6-7-14(19)18-8-1-9-18/h2-7,10H,1,8-9H2. The first-order valence-electron chi connectivity index (χ1n) is 6.41. The summed E-state index contributed by atoms with van der Waals surface area (Å²) in [5.74, 6) is -0.224. The second kappa shape index (κ2) is 5.54. The highest BCUT2D eigenvalue weighted by Crippen LogP contribution is 2.24. The zero-order valence-electron chi connectivity index (χ0n) is 10.8. The molecule has 0 radical (unpaired) electrons. The minimum Gasteiger partial charge on any atom is -0.339 e. The van der Waals surface area contributed by atoms with E-state index in [2.05, 4.69) is 4.98 Å². The van der Waals surface area contributed by atoms with Crippen LogP contribution in [0, 0.1) is 5.82 Å². The Balaban J connectivity index is 1.71. The van der Waals surface area contributed by atoms with Crippen LogP contribution in [0.15, 0.2) is 35.7 Å². The third-order valence-electron chi connectivity index (χ3n) is 3.18. The molecule has 1 aromatic heterocycles. The Bertz CT molecular complexity index is 644. The third-order valence-corrected chi connectivity index (χ3v) is 4.09. The highest BCUT2D eigenvalue weighted by atomic mass is 32.1. The number of amides is 1. The van der Waals surface area contributed by atoms with E-state index in [0.717, 1.165) is 35.8 Å². The number of hydrogen-bond acceptors (Lipinski definition) is 3. The molecule has 2 aromatic rings. The van der Waals surface area contributed by atoms with Crippen LogP contribution in [-0.2, 0) is 4.79 Å². The van der Waals surface area contributed by atoms with Crippen LogP contribution < -0.4 is 0 Å². The molecule has 1 fully saturated rings. The van der Waals surface area contributed by atoms with Crippen LogP contribution in [0.1, 0.15) is 12.1 Å². The maximum atomic E-state index is 12.9. The summed E-state index contributed by atoms with van der Waals surface area (Å²) >= 11 is 1.48. The monoisotopic (exact) mass is 288 g/mol. The Kier molecular flexibility index (Phi) is 3.60. The Morgan fingerprint density at radius 3 is 2.70 bits per heavy atom. The molecule has 3 rings (SSSR count). The molecular weight excluding hydrogens is 275 g/mol. The summed E-state index contributed by atoms with van der Waals surface area (Å²) in [7, 11) is 0. The fourth-order valence-electron chi connectivity index (χ4n) is 1.89. The average molecular weight is 288 g/mol. The quantitative estimate of drug-likeness (QED) is 0.813. The van der Waals surface area contributed by atoms with Crippen LogP contribution in [0.2, 0.25) is 0 Å². The van der Waals surface area contributed by atoms with Crippen molar-refractivity contribution in [2.45, 2.75) is 6.42 Å². The van der Waals surface area contributed by atoms with E-state index in [4.69, 9.17) is 0 Å². The summed E-state index contributed by atoms with van der Waals surface area (Å²) in [6, 6.07) is 6.24. The molecule has 20 heavy (non-hydrogen) atoms. The number of thiazole rings is 1. The zero-order valence-corrected chi connectivity index (χ0v) is 11.6. The lowest BCUT2D eigenvalue weighted by Gasteiger charge is -2.29. The summed E-state index contributed by atoms with van der Waals surface area (Å²) in [5, 5.41) is 2.71. The molecular formula is C15H13FN2OS. The van der Waals surface area contributed by atoms with Crippen LogP contribution in [0.3, 0.4) is 0 Å². The van der Waals surface area contributed by atoms with E-state index in [9.17, 15) is 9.18 Å². The number of rotatable bonds is 3. The zero-order chi connectivity index (χ0) is 13.9. The molecule has 2 heterocycles. The van der Waals surface area contributed by atoms with Crippen molar-refractivity contribution in [3.63, 3.8) is 0 Å². The smallest absolute Gasteiger partial charge is 0.246 e. The van der Waals surface area contributed by atoms with Crippen molar-refractivity contribution in [2.75, 3.05) is 13.1 Å². The molecule has 1 saturated heterocycles. The first-order valence-corrected chi connectivity index (χ1v) is 7.29. The largest absolute Gasteiger partial charge is 0.339 e. The summed E-state index contributed by atoms with van der Waals surface area (Å²) < 4.78 is 12.9. The molecule has 1 aliphatic rings. The predicted octanol–water partition coefficient (Wildman–Crippen LogP) is 3.19. The van der Waals surface area contributed by atoms with Crippen molar-refractivity contribution in [1.82, 2.24) is 9.88 Å². The van der Waals surface area contributed by atoms with Gasteiger partial charge in [-0.05, 0) is 36.8 Å². The molecule has 1 aromatic carbocycles. The number of carbonyl (C=O) groups excluding carboxylic acids is 1. The first-order chi connectivity index (χ1) is 9.72. The van der Waals surface area contributed by atoms with Crippen LogP contribution >= 0.6 is 11.3 Å². The number of likely N-dealkylation sites (tertiary alicyclic amines) is 1. The average Bonchev–Trinajstić information content (AvgIpc) is 2.84. The van der Waals surface area contributed by atoms with Crippen LogP contribution in [0.4, 0.5) is 4.39 Å². The van der Waals surface area contributed by atoms with E-state index in [1.54, 1.807) is 29.2 Å². The van der Waals surface area contributed by atoms with Crippen molar-refractivity contribution in [1.29, 1.82) is 0 Å². The second-order valence-corrected chi connectivity index (χ2v) is 5.45. The fraction of sp³-hybridized carbons (Fsp3) is 0.200. The minimum absolute atomic E-state index is 0.0348. The number of halogens is 1. The highest BCUT2D eigenvalue weighted by molar-refractivity contribution is 7.13. The Morgan fingerprint density at radius 2 is 2.05 bits per heavy atom. The van der Waals surface area contributed by atoms with Gasteiger partial charge in [-0.2, -0.15) is 0 Å². The van der Waals surface area contributed by atoms with Gasteiger partial charge in [0.25, 0.3) is 0 Å². The predicted molar refractivity (Wildman–Crippen MR) is 77.7 cm³/mol. The van der Waals surface area contributed by atoms with Gasteiger partial charge in [-0.3, -0.25) is 4.79 Å². The van der Waals surface area contributed by atoms with E-state index >= 15 is 0 Å². The van der Waals surface area contributed by atoms with Gasteiger partial charge in [0.2, 0.25) is 5.91 Å². The summed E-state index contributed by atoms with van der Waals surface area (Å²) in [4.78, 5) is 17.9. The molecule has 0 unspecified atom stereocenters. The fourth-order valence-corrected chi connectivity index (χ4v) is 2.68. The van der Waals surface area contributed by atoms with Gasteiger partial charge in [0.05, 0.1) is 5.69 Å². The van der Waals surface area contributed by atoms with Crippen molar-refractivity contribution < 1.29 is 9.18 Å². The molecule has 0 bridgehead atoms. The Labute approximate surface area is 120 Å². The maximum Gasteiger partial charge on any atom is 0.246 e. The van der Waals surface area contributed by atoms with Gasteiger partial charge in [0, 0.05) is 30.1 Å². The highest BCUT2D eigenvalue weighted by Gasteiger charge is 2.17. The number of aromatic nitrogens is 1. The van der Waals surface area contributed by atoms with Gasteiger partial charge in [0.15, 0.2) is 0 Å². The molecule has 102 valence electrons. The van der Waals surface area contributed by atoms with Gasteiger partial charge in [0.1, 0.15) is 10.8 Å². The van der Waals surface area contributed by atoms with E-state index < -0.39 is 0 Å². The molecule has 5 heteroatoms. The second-order valence-electron chi connectivity index (χ2n) is 4.60. The molecule has 0 N–H and O–H groups in total. The lowest BCUT2D eigenvalue weighted by Crippen LogP contribution is -2.40. The first kappa shape index (κ1) is 13.0. The van der Waals surface area contributed by atoms with Crippen molar-refractivity contribution in [3.8, 4) is 10.6 Å². The topological polar surface area (TPSA) is 33.2 Å². The van der Waals surface area contributed by atoms with E-state index in [-0.39, 0.29) is 11.7 Å². The van der Waals surface area contributed by atoms with Gasteiger partial charge in [-0.1, -0.05) is 0 Å². The van der Waals surface area contributed by atoms with Crippen LogP contribution in [0.25, 0.3) is 16.6 Å². The molecule has 1 aliphatic heterocycles. The van der Waals surface area contributed by atoms with Gasteiger partial charge in [-0.15, -0.1) is 11.3 Å². The number of carbonyl (C=O) groups is 1. The third kappa shape index (κ3) is 2.77. The van der Waals surface area contributed by atoms with Crippen molar-refractivity contribution in [3.05, 3.63) is 47.2 Å². The molecule has 0 spiro atoms. The molecule has 3 nitrogen and oxygen atoms in total. The molecule has 0 saturated carbocycles. The maximum absolute atomic E-state index is 12.9. The van der Waals surface area contributed by atoms with E-state index in [1.807, 2.05) is 5.38 Å². The lowest BCUT2D eigenvalue weighted by atomic mass is 10.2. The number of hydrogen-bond donors (Lipinski definition) is 0. The lowest BCUT2D eigenvalue weighted by molar-refractivity contribution is -0.129. The molecule has 0 aliphatic carbocycles. The van der Waals surface area contributed by atoms with Gasteiger partial charge >= 0.3 is 0 Å². The van der Waals surface area contributed by atoms with E-state index in [1.165, 1.54) is 23.5 Å². The summed E-state index contributed by atoms with van der Waals surface area (Å²) in [6.07, 6.45) is 4.37. The molecule has 1 amide bonds.